The highest BCUT2D eigenvalue weighted by atomic mass is 16.2. The van der Waals surface area contributed by atoms with Crippen molar-refractivity contribution in [2.24, 2.45) is 5.92 Å². The average molecular weight is 267 g/mol. The predicted octanol–water partition coefficient (Wildman–Crippen LogP) is 2.87. The molecule has 20 heavy (non-hydrogen) atoms. The summed E-state index contributed by atoms with van der Waals surface area (Å²) in [6.07, 6.45) is 6.08. The van der Waals surface area contributed by atoms with Crippen LogP contribution in [0.15, 0.2) is 24.3 Å². The molecule has 1 fully saturated rings. The SMILES string of the molecule is O=C1c2ccccc2C(=O)N1CC#CC1CCCCC1. The molecule has 2 amide bonds. The molecule has 0 N–H and O–H groups in total. The standard InChI is InChI=1S/C17H17NO2/c19-16-14-10-4-5-11-15(14)17(20)18(16)12-6-9-13-7-2-1-3-8-13/h4-5,10-11,13H,1-3,7-8,12H2. The molecule has 3 nitrogen and oxygen atoms in total. The molecule has 0 saturated heterocycles. The van der Waals surface area contributed by atoms with Crippen LogP contribution in [-0.2, 0) is 0 Å². The van der Waals surface area contributed by atoms with Gasteiger partial charge in [0.15, 0.2) is 0 Å². The zero-order valence-electron chi connectivity index (χ0n) is 11.4. The number of nitrogens with zero attached hydrogens (tertiary/aromatic N) is 1. The molecule has 1 aromatic rings. The Balaban J connectivity index is 1.69. The zero-order chi connectivity index (χ0) is 13.9. The Kier molecular flexibility index (Phi) is 3.56. The molecular weight excluding hydrogens is 250 g/mol. The molecule has 2 aliphatic rings. The second-order valence-electron chi connectivity index (χ2n) is 5.40. The van der Waals surface area contributed by atoms with Gasteiger partial charge in [-0.05, 0) is 25.0 Å². The van der Waals surface area contributed by atoms with Crippen LogP contribution in [-0.4, -0.2) is 23.3 Å². The normalized spacial score (nSPS) is 18.7. The van der Waals surface area contributed by atoms with Crippen LogP contribution in [0.2, 0.25) is 0 Å². The van der Waals surface area contributed by atoms with E-state index in [1.165, 1.54) is 24.2 Å². The summed E-state index contributed by atoms with van der Waals surface area (Å²) in [6.45, 7) is 0.211. The summed E-state index contributed by atoms with van der Waals surface area (Å²) in [5, 5.41) is 0. The lowest BCUT2D eigenvalue weighted by Crippen LogP contribution is -2.30. The second-order valence-corrected chi connectivity index (χ2v) is 5.40. The lowest BCUT2D eigenvalue weighted by atomic mass is 9.90. The Morgan fingerprint density at radius 2 is 1.60 bits per heavy atom. The van der Waals surface area contributed by atoms with E-state index in [1.807, 2.05) is 0 Å². The second kappa shape index (κ2) is 5.50. The summed E-state index contributed by atoms with van der Waals surface area (Å²) in [6, 6.07) is 6.96. The molecule has 0 unspecified atom stereocenters. The van der Waals surface area contributed by atoms with Gasteiger partial charge in [-0.25, -0.2) is 0 Å². The van der Waals surface area contributed by atoms with E-state index in [1.54, 1.807) is 24.3 Å². The first kappa shape index (κ1) is 12.9. The third-order valence-electron chi connectivity index (χ3n) is 4.03. The third kappa shape index (κ3) is 2.34. The van der Waals surface area contributed by atoms with Crippen molar-refractivity contribution in [3.8, 4) is 11.8 Å². The van der Waals surface area contributed by atoms with Gasteiger partial charge in [0.05, 0.1) is 17.7 Å². The largest absolute Gasteiger partial charge is 0.269 e. The van der Waals surface area contributed by atoms with Gasteiger partial charge in [0.2, 0.25) is 0 Å². The Morgan fingerprint density at radius 1 is 1.00 bits per heavy atom. The van der Waals surface area contributed by atoms with Crippen molar-refractivity contribution in [2.75, 3.05) is 6.54 Å². The van der Waals surface area contributed by atoms with E-state index in [4.69, 9.17) is 0 Å². The lowest BCUT2D eigenvalue weighted by molar-refractivity contribution is 0.0675. The van der Waals surface area contributed by atoms with Crippen molar-refractivity contribution in [1.82, 2.24) is 4.90 Å². The highest BCUT2D eigenvalue weighted by molar-refractivity contribution is 6.21. The fourth-order valence-electron chi connectivity index (χ4n) is 2.90. The monoisotopic (exact) mass is 267 g/mol. The third-order valence-corrected chi connectivity index (χ3v) is 4.03. The van der Waals surface area contributed by atoms with E-state index in [2.05, 4.69) is 11.8 Å². The maximum Gasteiger partial charge on any atom is 0.262 e. The highest BCUT2D eigenvalue weighted by Gasteiger charge is 2.34. The van der Waals surface area contributed by atoms with Gasteiger partial charge in [0, 0.05) is 5.92 Å². The van der Waals surface area contributed by atoms with Gasteiger partial charge in [0.1, 0.15) is 0 Å². The molecule has 102 valence electrons. The molecule has 1 aliphatic carbocycles. The molecule has 3 heteroatoms. The van der Waals surface area contributed by atoms with E-state index in [0.717, 1.165) is 12.8 Å². The van der Waals surface area contributed by atoms with Crippen LogP contribution in [0.5, 0.6) is 0 Å². The number of amides is 2. The minimum Gasteiger partial charge on any atom is -0.269 e. The molecular formula is C17H17NO2. The van der Waals surface area contributed by atoms with Crippen LogP contribution >= 0.6 is 0 Å². The number of imide groups is 1. The molecule has 0 atom stereocenters. The van der Waals surface area contributed by atoms with Crippen molar-refractivity contribution < 1.29 is 9.59 Å². The average Bonchev–Trinajstić information content (AvgIpc) is 2.74. The number of fused-ring (bicyclic) bond motifs is 1. The fraction of sp³-hybridized carbons (Fsp3) is 0.412. The maximum atomic E-state index is 12.1. The number of hydrogen-bond acceptors (Lipinski definition) is 2. The van der Waals surface area contributed by atoms with E-state index < -0.39 is 0 Å². The quantitative estimate of drug-likeness (QED) is 0.579. The van der Waals surface area contributed by atoms with Crippen LogP contribution < -0.4 is 0 Å². The Hall–Kier alpha value is -2.08. The number of benzene rings is 1. The maximum absolute atomic E-state index is 12.1. The topological polar surface area (TPSA) is 37.4 Å². The molecule has 1 aliphatic heterocycles. The van der Waals surface area contributed by atoms with Crippen molar-refractivity contribution >= 4 is 11.8 Å². The Labute approximate surface area is 119 Å². The van der Waals surface area contributed by atoms with E-state index in [-0.39, 0.29) is 18.4 Å². The van der Waals surface area contributed by atoms with Crippen molar-refractivity contribution in [2.45, 2.75) is 32.1 Å². The molecule has 1 saturated carbocycles. The first-order valence-electron chi connectivity index (χ1n) is 7.21. The molecule has 0 spiro atoms. The number of rotatable bonds is 1. The molecule has 1 heterocycles. The number of hydrogen-bond donors (Lipinski definition) is 0. The molecule has 0 radical (unpaired) electrons. The van der Waals surface area contributed by atoms with Crippen LogP contribution in [0.4, 0.5) is 0 Å². The van der Waals surface area contributed by atoms with Crippen molar-refractivity contribution in [3.63, 3.8) is 0 Å². The van der Waals surface area contributed by atoms with Gasteiger partial charge < -0.3 is 0 Å². The molecule has 1 aromatic carbocycles. The summed E-state index contributed by atoms with van der Waals surface area (Å²) in [5.74, 6) is 6.25. The Morgan fingerprint density at radius 3 is 2.20 bits per heavy atom. The summed E-state index contributed by atoms with van der Waals surface area (Å²) < 4.78 is 0. The van der Waals surface area contributed by atoms with Gasteiger partial charge in [0.25, 0.3) is 11.8 Å². The molecule has 3 rings (SSSR count). The summed E-state index contributed by atoms with van der Waals surface area (Å²) in [4.78, 5) is 25.5. The first-order valence-corrected chi connectivity index (χ1v) is 7.21. The molecule has 0 bridgehead atoms. The summed E-state index contributed by atoms with van der Waals surface area (Å²) in [7, 11) is 0. The van der Waals surface area contributed by atoms with Gasteiger partial charge in [-0.1, -0.05) is 43.2 Å². The fourth-order valence-corrected chi connectivity index (χ4v) is 2.90. The highest BCUT2D eigenvalue weighted by Crippen LogP contribution is 2.23. The van der Waals surface area contributed by atoms with Crippen molar-refractivity contribution in [1.29, 1.82) is 0 Å². The summed E-state index contributed by atoms with van der Waals surface area (Å²) >= 11 is 0. The number of carbonyl (C=O) groups excluding carboxylic acids is 2. The van der Waals surface area contributed by atoms with Gasteiger partial charge in [-0.3, -0.25) is 14.5 Å². The van der Waals surface area contributed by atoms with Crippen LogP contribution in [0.25, 0.3) is 0 Å². The van der Waals surface area contributed by atoms with E-state index >= 15 is 0 Å². The van der Waals surface area contributed by atoms with Crippen LogP contribution in [0.1, 0.15) is 52.8 Å². The van der Waals surface area contributed by atoms with E-state index in [9.17, 15) is 9.59 Å². The van der Waals surface area contributed by atoms with Gasteiger partial charge >= 0.3 is 0 Å². The van der Waals surface area contributed by atoms with Gasteiger partial charge in [-0.2, -0.15) is 0 Å². The predicted molar refractivity (Wildman–Crippen MR) is 76.2 cm³/mol. The summed E-state index contributed by atoms with van der Waals surface area (Å²) in [5.41, 5.74) is 0.994. The van der Waals surface area contributed by atoms with E-state index in [0.29, 0.717) is 17.0 Å². The smallest absolute Gasteiger partial charge is 0.262 e. The number of carbonyl (C=O) groups is 2. The van der Waals surface area contributed by atoms with Gasteiger partial charge in [-0.15, -0.1) is 0 Å². The Bertz CT molecular complexity index is 568. The van der Waals surface area contributed by atoms with Crippen LogP contribution in [0.3, 0.4) is 0 Å². The van der Waals surface area contributed by atoms with Crippen molar-refractivity contribution in [3.05, 3.63) is 35.4 Å². The zero-order valence-corrected chi connectivity index (χ0v) is 11.4. The minimum atomic E-state index is -0.219. The molecule has 0 aromatic heterocycles. The van der Waals surface area contributed by atoms with Crippen LogP contribution in [0, 0.1) is 17.8 Å². The lowest BCUT2D eigenvalue weighted by Gasteiger charge is -2.16. The first-order chi connectivity index (χ1) is 9.77. The minimum absolute atomic E-state index is 0.211.